The monoisotopic (exact) mass is 442 g/mol. The van der Waals surface area contributed by atoms with Crippen LogP contribution in [0.15, 0.2) is 0 Å². The number of aliphatic carboxylic acids is 1. The SMILES string of the molecule is CN(C)C(=O)COC1CSC2(C1)CN(CC1CCOCC1)C2.O=C(O)C(F)(F)F. The Hall–Kier alpha value is -1.04. The lowest BCUT2D eigenvalue weighted by Crippen LogP contribution is -2.60. The second-order valence-electron chi connectivity index (χ2n) is 7.95. The molecular weight excluding hydrogens is 413 g/mol. The zero-order valence-electron chi connectivity index (χ0n) is 16.7. The Kier molecular flexibility index (Phi) is 8.62. The molecular formula is C18H29F3N2O5S. The third-order valence-corrected chi connectivity index (χ3v) is 6.82. The number of carboxylic acid groups (broad SMARTS) is 1. The quantitative estimate of drug-likeness (QED) is 0.695. The fourth-order valence-electron chi connectivity index (χ4n) is 3.64. The van der Waals surface area contributed by atoms with Crippen molar-refractivity contribution in [1.29, 1.82) is 0 Å². The summed E-state index contributed by atoms with van der Waals surface area (Å²) >= 11 is 2.05. The second-order valence-corrected chi connectivity index (χ2v) is 9.44. The van der Waals surface area contributed by atoms with Crippen LogP contribution in [0.25, 0.3) is 0 Å². The molecule has 3 saturated heterocycles. The van der Waals surface area contributed by atoms with Crippen molar-refractivity contribution in [3.63, 3.8) is 0 Å². The standard InChI is InChI=1S/C16H28N2O3S.C2HF3O2/c1-17(2)15(19)9-21-14-7-16(22-10-14)11-18(12-16)8-13-3-5-20-6-4-13;3-2(4,5)1(6)7/h13-14H,3-12H2,1-2H3;(H,6,7). The third-order valence-electron chi connectivity index (χ3n) is 5.24. The summed E-state index contributed by atoms with van der Waals surface area (Å²) < 4.78 is 43.4. The number of nitrogens with zero attached hydrogens (tertiary/aromatic N) is 2. The molecule has 168 valence electrons. The van der Waals surface area contributed by atoms with Crippen molar-refractivity contribution in [1.82, 2.24) is 9.80 Å². The third kappa shape index (κ3) is 7.62. The van der Waals surface area contributed by atoms with Gasteiger partial charge < -0.3 is 24.4 Å². The number of hydrogen-bond acceptors (Lipinski definition) is 6. The summed E-state index contributed by atoms with van der Waals surface area (Å²) in [5.74, 6) is -0.846. The topological polar surface area (TPSA) is 79.3 Å². The first-order valence-corrected chi connectivity index (χ1v) is 10.6. The van der Waals surface area contributed by atoms with Crippen LogP contribution in [0.4, 0.5) is 13.2 Å². The smallest absolute Gasteiger partial charge is 0.475 e. The molecule has 0 radical (unpaired) electrons. The Morgan fingerprint density at radius 2 is 1.86 bits per heavy atom. The normalized spacial score (nSPS) is 24.5. The van der Waals surface area contributed by atoms with E-state index in [0.717, 1.165) is 31.3 Å². The summed E-state index contributed by atoms with van der Waals surface area (Å²) in [6.45, 7) is 5.71. The molecule has 0 aromatic carbocycles. The fourth-order valence-corrected chi connectivity index (χ4v) is 5.25. The Balaban J connectivity index is 0.000000370. The molecule has 0 aromatic heterocycles. The van der Waals surface area contributed by atoms with Crippen LogP contribution >= 0.6 is 11.8 Å². The number of alkyl halides is 3. The van der Waals surface area contributed by atoms with Crippen LogP contribution in [0.5, 0.6) is 0 Å². The maximum absolute atomic E-state index is 11.6. The predicted octanol–water partition coefficient (Wildman–Crippen LogP) is 1.71. The number of amides is 1. The summed E-state index contributed by atoms with van der Waals surface area (Å²) in [7, 11) is 3.55. The molecule has 1 atom stereocenters. The number of thioether (sulfide) groups is 1. The molecule has 1 spiro atoms. The van der Waals surface area contributed by atoms with Gasteiger partial charge in [-0.2, -0.15) is 13.2 Å². The molecule has 0 aliphatic carbocycles. The van der Waals surface area contributed by atoms with Gasteiger partial charge in [-0.3, -0.25) is 4.79 Å². The van der Waals surface area contributed by atoms with Gasteiger partial charge in [-0.1, -0.05) is 0 Å². The minimum atomic E-state index is -5.08. The van der Waals surface area contributed by atoms with Crippen LogP contribution in [0.3, 0.4) is 0 Å². The number of likely N-dealkylation sites (N-methyl/N-ethyl adjacent to an activating group) is 1. The van der Waals surface area contributed by atoms with Crippen LogP contribution < -0.4 is 0 Å². The van der Waals surface area contributed by atoms with Gasteiger partial charge in [0.2, 0.25) is 5.91 Å². The minimum absolute atomic E-state index is 0.0562. The molecule has 0 aromatic rings. The Morgan fingerprint density at radius 1 is 1.28 bits per heavy atom. The van der Waals surface area contributed by atoms with Crippen molar-refractivity contribution in [2.24, 2.45) is 5.92 Å². The molecule has 3 fully saturated rings. The van der Waals surface area contributed by atoms with Crippen molar-refractivity contribution in [3.05, 3.63) is 0 Å². The zero-order valence-corrected chi connectivity index (χ0v) is 17.6. The average molecular weight is 443 g/mol. The van der Waals surface area contributed by atoms with Crippen LogP contribution in [0.1, 0.15) is 19.3 Å². The van der Waals surface area contributed by atoms with Crippen molar-refractivity contribution < 1.29 is 37.3 Å². The van der Waals surface area contributed by atoms with E-state index in [1.165, 1.54) is 32.5 Å². The van der Waals surface area contributed by atoms with Crippen LogP contribution in [-0.4, -0.2) is 103 Å². The van der Waals surface area contributed by atoms with E-state index >= 15 is 0 Å². The first-order valence-electron chi connectivity index (χ1n) is 9.57. The molecule has 3 heterocycles. The van der Waals surface area contributed by atoms with Gasteiger partial charge in [0.1, 0.15) is 6.61 Å². The molecule has 1 unspecified atom stereocenters. The van der Waals surface area contributed by atoms with Gasteiger partial charge >= 0.3 is 12.1 Å². The van der Waals surface area contributed by atoms with E-state index in [1.807, 2.05) is 11.8 Å². The number of ether oxygens (including phenoxy) is 2. The highest BCUT2D eigenvalue weighted by Crippen LogP contribution is 2.46. The predicted molar refractivity (Wildman–Crippen MR) is 102 cm³/mol. The Morgan fingerprint density at radius 3 is 2.38 bits per heavy atom. The van der Waals surface area contributed by atoms with Crippen molar-refractivity contribution in [2.75, 3.05) is 59.3 Å². The molecule has 11 heteroatoms. The van der Waals surface area contributed by atoms with E-state index in [2.05, 4.69) is 4.90 Å². The summed E-state index contributed by atoms with van der Waals surface area (Å²) in [6, 6.07) is 0. The first kappa shape index (κ1) is 24.2. The van der Waals surface area contributed by atoms with Gasteiger partial charge in [0.15, 0.2) is 0 Å². The van der Waals surface area contributed by atoms with E-state index in [9.17, 15) is 18.0 Å². The number of carboxylic acids is 1. The molecule has 3 aliphatic rings. The number of rotatable bonds is 5. The largest absolute Gasteiger partial charge is 0.490 e. The maximum atomic E-state index is 11.6. The van der Waals surface area contributed by atoms with Crippen LogP contribution in [-0.2, 0) is 19.1 Å². The summed E-state index contributed by atoms with van der Waals surface area (Å²) in [4.78, 5) is 24.7. The molecule has 7 nitrogen and oxygen atoms in total. The van der Waals surface area contributed by atoms with Crippen LogP contribution in [0.2, 0.25) is 0 Å². The number of carbonyl (C=O) groups is 2. The van der Waals surface area contributed by atoms with Crippen molar-refractivity contribution >= 4 is 23.6 Å². The van der Waals surface area contributed by atoms with Crippen LogP contribution in [0, 0.1) is 5.92 Å². The Bertz CT molecular complexity index is 564. The lowest BCUT2D eigenvalue weighted by molar-refractivity contribution is -0.192. The van der Waals surface area contributed by atoms with E-state index in [4.69, 9.17) is 19.4 Å². The fraction of sp³-hybridized carbons (Fsp3) is 0.889. The average Bonchev–Trinajstić information content (AvgIpc) is 3.04. The van der Waals surface area contributed by atoms with E-state index in [1.54, 1.807) is 19.0 Å². The summed E-state index contributed by atoms with van der Waals surface area (Å²) in [6.07, 6.45) is -1.30. The first-order chi connectivity index (χ1) is 13.5. The van der Waals surface area contributed by atoms with E-state index < -0.39 is 12.1 Å². The minimum Gasteiger partial charge on any atom is -0.475 e. The molecule has 29 heavy (non-hydrogen) atoms. The van der Waals surface area contributed by atoms with Crippen molar-refractivity contribution in [2.45, 2.75) is 36.3 Å². The van der Waals surface area contributed by atoms with E-state index in [0.29, 0.717) is 4.75 Å². The molecule has 3 aliphatic heterocycles. The number of hydrogen-bond donors (Lipinski definition) is 1. The molecule has 0 saturated carbocycles. The highest BCUT2D eigenvalue weighted by Gasteiger charge is 2.49. The van der Waals surface area contributed by atoms with Gasteiger partial charge in [0.25, 0.3) is 0 Å². The number of likely N-dealkylation sites (tertiary alicyclic amines) is 1. The second kappa shape index (κ2) is 10.3. The Labute approximate surface area is 172 Å². The number of halogens is 3. The van der Waals surface area contributed by atoms with Gasteiger partial charge in [-0.05, 0) is 25.2 Å². The van der Waals surface area contributed by atoms with Crippen molar-refractivity contribution in [3.8, 4) is 0 Å². The molecule has 1 N–H and O–H groups in total. The van der Waals surface area contributed by atoms with E-state index in [-0.39, 0.29) is 18.6 Å². The van der Waals surface area contributed by atoms with Gasteiger partial charge in [-0.15, -0.1) is 11.8 Å². The highest BCUT2D eigenvalue weighted by molar-refractivity contribution is 8.01. The lowest BCUT2D eigenvalue weighted by Gasteiger charge is -2.49. The highest BCUT2D eigenvalue weighted by atomic mass is 32.2. The number of carbonyl (C=O) groups excluding carboxylic acids is 1. The molecule has 1 amide bonds. The zero-order chi connectivity index (χ0) is 21.7. The lowest BCUT2D eigenvalue weighted by atomic mass is 9.90. The molecule has 0 bridgehead atoms. The molecule has 3 rings (SSSR count). The maximum Gasteiger partial charge on any atom is 0.490 e. The summed E-state index contributed by atoms with van der Waals surface area (Å²) in [5, 5.41) is 7.12. The summed E-state index contributed by atoms with van der Waals surface area (Å²) in [5.41, 5.74) is 0. The van der Waals surface area contributed by atoms with Gasteiger partial charge in [-0.25, -0.2) is 4.79 Å². The van der Waals surface area contributed by atoms with Gasteiger partial charge in [0, 0.05) is 57.4 Å². The van der Waals surface area contributed by atoms with Gasteiger partial charge in [0.05, 0.1) is 6.10 Å².